The molecule has 3 rings (SSSR count). The van der Waals surface area contributed by atoms with Gasteiger partial charge in [0.05, 0.1) is 18.4 Å². The monoisotopic (exact) mass is 288 g/mol. The first-order chi connectivity index (χ1) is 10.2. The van der Waals surface area contributed by atoms with E-state index in [0.717, 1.165) is 45.0 Å². The number of hydrogen-bond acceptors (Lipinski definition) is 3. The number of rotatable bonds is 4. The predicted octanol–water partition coefficient (Wildman–Crippen LogP) is 2.15. The normalized spacial score (nSPS) is 16.4. The molecule has 0 aliphatic carbocycles. The Bertz CT molecular complexity index is 587. The minimum Gasteiger partial charge on any atom is -0.367 e. The summed E-state index contributed by atoms with van der Waals surface area (Å²) in [5, 5.41) is 4.30. The first kappa shape index (κ1) is 14.1. The standard InChI is InChI=1S/C16H21FN4/c1-14-12-18-21(13-14)11-8-19-6-9-20(10-7-19)16-5-3-2-4-15(16)17/h2-5,12-13H,6-11H2,1H3. The summed E-state index contributed by atoms with van der Waals surface area (Å²) in [4.78, 5) is 4.54. The molecule has 1 aromatic heterocycles. The molecule has 1 aliphatic rings. The fourth-order valence-corrected chi connectivity index (χ4v) is 2.75. The fourth-order valence-electron chi connectivity index (χ4n) is 2.75. The third-order valence-electron chi connectivity index (χ3n) is 3.97. The van der Waals surface area contributed by atoms with Crippen molar-refractivity contribution in [1.82, 2.24) is 14.7 Å². The van der Waals surface area contributed by atoms with Crippen molar-refractivity contribution in [2.45, 2.75) is 13.5 Å². The van der Waals surface area contributed by atoms with Crippen LogP contribution in [0.15, 0.2) is 36.7 Å². The topological polar surface area (TPSA) is 24.3 Å². The molecule has 0 bridgehead atoms. The molecule has 2 aromatic rings. The van der Waals surface area contributed by atoms with Gasteiger partial charge in [-0.25, -0.2) is 4.39 Å². The Morgan fingerprint density at radius 1 is 1.10 bits per heavy atom. The van der Waals surface area contributed by atoms with Crippen molar-refractivity contribution in [1.29, 1.82) is 0 Å². The van der Waals surface area contributed by atoms with Gasteiger partial charge >= 0.3 is 0 Å². The Labute approximate surface area is 124 Å². The van der Waals surface area contributed by atoms with E-state index >= 15 is 0 Å². The van der Waals surface area contributed by atoms with Crippen LogP contribution in [-0.2, 0) is 6.54 Å². The number of anilines is 1. The third kappa shape index (κ3) is 3.42. The largest absolute Gasteiger partial charge is 0.367 e. The average molecular weight is 288 g/mol. The van der Waals surface area contributed by atoms with Crippen molar-refractivity contribution >= 4 is 5.69 Å². The summed E-state index contributed by atoms with van der Waals surface area (Å²) in [5.74, 6) is -0.127. The lowest BCUT2D eigenvalue weighted by atomic mass is 10.2. The molecule has 1 aliphatic heterocycles. The van der Waals surface area contributed by atoms with E-state index in [-0.39, 0.29) is 5.82 Å². The maximum atomic E-state index is 13.8. The van der Waals surface area contributed by atoms with E-state index in [4.69, 9.17) is 0 Å². The molecule has 0 saturated carbocycles. The maximum Gasteiger partial charge on any atom is 0.146 e. The van der Waals surface area contributed by atoms with Crippen molar-refractivity contribution < 1.29 is 4.39 Å². The summed E-state index contributed by atoms with van der Waals surface area (Å²) >= 11 is 0. The number of piperazine rings is 1. The summed E-state index contributed by atoms with van der Waals surface area (Å²) in [7, 11) is 0. The van der Waals surface area contributed by atoms with Crippen LogP contribution in [0.3, 0.4) is 0 Å². The van der Waals surface area contributed by atoms with Gasteiger partial charge in [-0.2, -0.15) is 5.10 Å². The molecule has 0 spiro atoms. The molecular weight excluding hydrogens is 267 g/mol. The van der Waals surface area contributed by atoms with Gasteiger partial charge in [0, 0.05) is 38.9 Å². The Balaban J connectivity index is 1.50. The molecular formula is C16H21FN4. The van der Waals surface area contributed by atoms with Crippen LogP contribution in [0, 0.1) is 12.7 Å². The van der Waals surface area contributed by atoms with E-state index in [1.807, 2.05) is 23.0 Å². The number of aromatic nitrogens is 2. The first-order valence-corrected chi connectivity index (χ1v) is 7.43. The number of hydrogen-bond donors (Lipinski definition) is 0. The molecule has 2 heterocycles. The third-order valence-corrected chi connectivity index (χ3v) is 3.97. The quantitative estimate of drug-likeness (QED) is 0.861. The number of nitrogens with zero attached hydrogens (tertiary/aromatic N) is 4. The zero-order chi connectivity index (χ0) is 14.7. The molecule has 1 saturated heterocycles. The van der Waals surface area contributed by atoms with Crippen LogP contribution in [0.25, 0.3) is 0 Å². The predicted molar refractivity (Wildman–Crippen MR) is 82.0 cm³/mol. The lowest BCUT2D eigenvalue weighted by molar-refractivity contribution is 0.244. The SMILES string of the molecule is Cc1cnn(CCN2CCN(c3ccccc3F)CC2)c1. The van der Waals surface area contributed by atoms with Gasteiger partial charge in [0.25, 0.3) is 0 Å². The Hall–Kier alpha value is -1.88. The number of benzene rings is 1. The van der Waals surface area contributed by atoms with Gasteiger partial charge in [0.1, 0.15) is 5.82 Å². The van der Waals surface area contributed by atoms with Crippen LogP contribution in [-0.4, -0.2) is 47.4 Å². The molecule has 0 radical (unpaired) electrons. The van der Waals surface area contributed by atoms with Crippen molar-refractivity contribution in [3.63, 3.8) is 0 Å². The van der Waals surface area contributed by atoms with Gasteiger partial charge in [-0.3, -0.25) is 9.58 Å². The second-order valence-corrected chi connectivity index (χ2v) is 5.56. The van der Waals surface area contributed by atoms with Crippen LogP contribution in [0.4, 0.5) is 10.1 Å². The van der Waals surface area contributed by atoms with E-state index in [1.165, 1.54) is 11.6 Å². The smallest absolute Gasteiger partial charge is 0.146 e. The highest BCUT2D eigenvalue weighted by Crippen LogP contribution is 2.19. The lowest BCUT2D eigenvalue weighted by Gasteiger charge is -2.36. The van der Waals surface area contributed by atoms with Crippen molar-refractivity contribution in [3.8, 4) is 0 Å². The highest BCUT2D eigenvalue weighted by atomic mass is 19.1. The highest BCUT2D eigenvalue weighted by Gasteiger charge is 2.18. The van der Waals surface area contributed by atoms with Gasteiger partial charge in [0.15, 0.2) is 0 Å². The van der Waals surface area contributed by atoms with Crippen LogP contribution >= 0.6 is 0 Å². The summed E-state index contributed by atoms with van der Waals surface area (Å²) in [5.41, 5.74) is 1.92. The zero-order valence-corrected chi connectivity index (χ0v) is 12.4. The minimum atomic E-state index is -0.127. The molecule has 112 valence electrons. The lowest BCUT2D eigenvalue weighted by Crippen LogP contribution is -2.47. The molecule has 1 aromatic carbocycles. The highest BCUT2D eigenvalue weighted by molar-refractivity contribution is 5.47. The molecule has 0 amide bonds. The molecule has 0 unspecified atom stereocenters. The van der Waals surface area contributed by atoms with Crippen molar-refractivity contribution in [3.05, 3.63) is 48.0 Å². The second-order valence-electron chi connectivity index (χ2n) is 5.56. The van der Waals surface area contributed by atoms with Crippen molar-refractivity contribution in [2.75, 3.05) is 37.6 Å². The maximum absolute atomic E-state index is 13.8. The van der Waals surface area contributed by atoms with E-state index in [2.05, 4.69) is 28.0 Å². The summed E-state index contributed by atoms with van der Waals surface area (Å²) in [6.07, 6.45) is 3.95. The van der Waals surface area contributed by atoms with Gasteiger partial charge in [-0.15, -0.1) is 0 Å². The zero-order valence-electron chi connectivity index (χ0n) is 12.4. The summed E-state index contributed by atoms with van der Waals surface area (Å²) < 4.78 is 15.8. The number of halogens is 1. The van der Waals surface area contributed by atoms with E-state index in [9.17, 15) is 4.39 Å². The van der Waals surface area contributed by atoms with Crippen LogP contribution in [0.2, 0.25) is 0 Å². The van der Waals surface area contributed by atoms with Gasteiger partial charge in [-0.1, -0.05) is 12.1 Å². The number of aryl methyl sites for hydroxylation is 1. The Morgan fingerprint density at radius 3 is 2.52 bits per heavy atom. The Morgan fingerprint density at radius 2 is 1.86 bits per heavy atom. The van der Waals surface area contributed by atoms with E-state index < -0.39 is 0 Å². The van der Waals surface area contributed by atoms with Crippen molar-refractivity contribution in [2.24, 2.45) is 0 Å². The molecule has 21 heavy (non-hydrogen) atoms. The average Bonchev–Trinajstić information content (AvgIpc) is 2.92. The molecule has 0 atom stereocenters. The van der Waals surface area contributed by atoms with Gasteiger partial charge < -0.3 is 4.90 Å². The van der Waals surface area contributed by atoms with Crippen LogP contribution in [0.1, 0.15) is 5.56 Å². The van der Waals surface area contributed by atoms with Gasteiger partial charge in [0.2, 0.25) is 0 Å². The van der Waals surface area contributed by atoms with Crippen LogP contribution < -0.4 is 4.90 Å². The molecule has 5 heteroatoms. The molecule has 4 nitrogen and oxygen atoms in total. The van der Waals surface area contributed by atoms with Gasteiger partial charge in [-0.05, 0) is 24.6 Å². The minimum absolute atomic E-state index is 0.127. The number of para-hydroxylation sites is 1. The summed E-state index contributed by atoms with van der Waals surface area (Å²) in [6.45, 7) is 7.64. The fraction of sp³-hybridized carbons (Fsp3) is 0.438. The second kappa shape index (κ2) is 6.26. The first-order valence-electron chi connectivity index (χ1n) is 7.43. The van der Waals surface area contributed by atoms with E-state index in [1.54, 1.807) is 6.07 Å². The van der Waals surface area contributed by atoms with Crippen LogP contribution in [0.5, 0.6) is 0 Å². The Kier molecular flexibility index (Phi) is 4.20. The molecule has 1 fully saturated rings. The van der Waals surface area contributed by atoms with E-state index in [0.29, 0.717) is 0 Å². The molecule has 0 N–H and O–H groups in total. The summed E-state index contributed by atoms with van der Waals surface area (Å²) in [6, 6.07) is 7.02.